The van der Waals surface area contributed by atoms with Gasteiger partial charge in [0.15, 0.2) is 0 Å². The van der Waals surface area contributed by atoms with E-state index in [1.54, 1.807) is 18.2 Å². The van der Waals surface area contributed by atoms with Gasteiger partial charge >= 0.3 is 6.18 Å². The summed E-state index contributed by atoms with van der Waals surface area (Å²) in [6.45, 7) is 13.7. The molecular formula is C46H50F3N7O6. The van der Waals surface area contributed by atoms with Gasteiger partial charge in [0.25, 0.3) is 17.7 Å². The van der Waals surface area contributed by atoms with E-state index in [0.717, 1.165) is 87.1 Å². The lowest BCUT2D eigenvalue weighted by molar-refractivity contribution is -0.164. The van der Waals surface area contributed by atoms with Crippen LogP contribution >= 0.6 is 0 Å². The topological polar surface area (TPSA) is 155 Å². The van der Waals surface area contributed by atoms with E-state index in [0.29, 0.717) is 11.5 Å². The third-order valence-corrected chi connectivity index (χ3v) is 13.6. The van der Waals surface area contributed by atoms with Crippen molar-refractivity contribution in [2.45, 2.75) is 77.7 Å². The van der Waals surface area contributed by atoms with Crippen LogP contribution in [0.25, 0.3) is 0 Å². The molecule has 0 aromatic heterocycles. The number of anilines is 2. The molecular weight excluding hydrogens is 804 g/mol. The summed E-state index contributed by atoms with van der Waals surface area (Å²) >= 11 is 0. The third-order valence-electron chi connectivity index (χ3n) is 13.6. The number of piperidine rings is 2. The van der Waals surface area contributed by atoms with Crippen LogP contribution in [0.2, 0.25) is 0 Å². The van der Waals surface area contributed by atoms with Gasteiger partial charge in [0.05, 0.1) is 28.3 Å². The molecule has 2 N–H and O–H groups in total. The monoisotopic (exact) mass is 853 g/mol. The van der Waals surface area contributed by atoms with Gasteiger partial charge in [0, 0.05) is 86.0 Å². The van der Waals surface area contributed by atoms with Gasteiger partial charge in [-0.05, 0) is 85.8 Å². The second kappa shape index (κ2) is 16.1. The molecule has 16 heteroatoms. The van der Waals surface area contributed by atoms with Crippen LogP contribution in [0.15, 0.2) is 60.7 Å². The Balaban J connectivity index is 0.794. The van der Waals surface area contributed by atoms with Crippen molar-refractivity contribution in [1.29, 1.82) is 5.26 Å². The first-order valence-electron chi connectivity index (χ1n) is 21.1. The fourth-order valence-electron chi connectivity index (χ4n) is 10.5. The van der Waals surface area contributed by atoms with Gasteiger partial charge in [0.1, 0.15) is 17.9 Å². The largest absolute Gasteiger partial charge is 0.489 e. The number of hydrogen-bond acceptors (Lipinski definition) is 10. The van der Waals surface area contributed by atoms with Crippen molar-refractivity contribution < 1.29 is 41.9 Å². The Morgan fingerprint density at radius 1 is 0.823 bits per heavy atom. The number of alkyl halides is 3. The fourth-order valence-corrected chi connectivity index (χ4v) is 10.5. The highest BCUT2D eigenvalue weighted by Gasteiger charge is 2.64. The summed E-state index contributed by atoms with van der Waals surface area (Å²) < 4.78 is 46.9. The maximum Gasteiger partial charge on any atom is 0.417 e. The van der Waals surface area contributed by atoms with E-state index >= 15 is 0 Å². The second-order valence-corrected chi connectivity index (χ2v) is 18.3. The highest BCUT2D eigenvalue weighted by Crippen LogP contribution is 2.56. The third kappa shape index (κ3) is 7.87. The number of fused-ring (bicyclic) bond motifs is 1. The Labute approximate surface area is 358 Å². The summed E-state index contributed by atoms with van der Waals surface area (Å²) in [6, 6.07) is 16.5. The number of carbonyl (C=O) groups excluding carboxylic acids is 5. The number of ether oxygens (including phenoxy) is 1. The molecule has 4 heterocycles. The van der Waals surface area contributed by atoms with Crippen LogP contribution in [-0.2, 0) is 15.8 Å². The average molecular weight is 854 g/mol. The smallest absolute Gasteiger partial charge is 0.417 e. The molecule has 3 aromatic rings. The Bertz CT molecular complexity index is 2330. The number of halogens is 3. The summed E-state index contributed by atoms with van der Waals surface area (Å²) in [5.41, 5.74) is 0.229. The minimum absolute atomic E-state index is 0.0163. The van der Waals surface area contributed by atoms with Gasteiger partial charge < -0.3 is 19.9 Å². The SMILES string of the molecule is CC1(C)[C@H](NC(=O)c2ccc(N3CCC(CN4CCN(c5ccc6c(c5)C(=O)N(C5CCC(=O)NC5=O)C6=O)CC4)CC3)cc2)C(C)(C)[C@H]1Oc1ccc(C#N)c(C(F)(F)F)c1. The van der Waals surface area contributed by atoms with Crippen LogP contribution in [0, 0.1) is 28.1 Å². The zero-order valence-electron chi connectivity index (χ0n) is 35.2. The molecule has 0 spiro atoms. The molecule has 1 saturated carbocycles. The first-order valence-corrected chi connectivity index (χ1v) is 21.1. The number of hydrogen-bond donors (Lipinski definition) is 2. The van der Waals surface area contributed by atoms with E-state index < -0.39 is 63.9 Å². The number of imide groups is 2. The highest BCUT2D eigenvalue weighted by molar-refractivity contribution is 6.23. The zero-order chi connectivity index (χ0) is 44.3. The standard InChI is InChI=1S/C46H50F3N7O6/c1-44(2)42(45(3,4)43(44)62-32-11-7-29(25-50)35(24-32)46(47,48)49)52-38(58)28-5-8-30(9-6-28)54-17-15-27(16-18-54)26-53-19-21-55(22-20-53)31-10-12-33-34(23-31)41(61)56(40(33)60)36-13-14-37(57)51-39(36)59/h5-12,23-24,27,36,42-43H,13-22,26H2,1-4H3,(H,52,58)(H,51,57,59)/t36?,42-,43-. The normalized spacial score (nSPS) is 24.0. The molecule has 5 amide bonds. The predicted octanol–water partition coefficient (Wildman–Crippen LogP) is 5.63. The summed E-state index contributed by atoms with van der Waals surface area (Å²) in [6.07, 6.45) is -2.96. The number of rotatable bonds is 9. The Morgan fingerprint density at radius 2 is 1.45 bits per heavy atom. The molecule has 1 atom stereocenters. The van der Waals surface area contributed by atoms with Crippen molar-refractivity contribution in [3.63, 3.8) is 0 Å². The Hall–Kier alpha value is -5.95. The summed E-state index contributed by atoms with van der Waals surface area (Å²) in [5, 5.41) is 14.6. The van der Waals surface area contributed by atoms with Gasteiger partial charge in [-0.2, -0.15) is 18.4 Å². The second-order valence-electron chi connectivity index (χ2n) is 18.3. The molecule has 1 unspecified atom stereocenters. The van der Waals surface area contributed by atoms with E-state index in [9.17, 15) is 37.1 Å². The molecule has 3 saturated heterocycles. The molecule has 0 bridgehead atoms. The Kier molecular flexibility index (Phi) is 11.1. The number of amides is 5. The number of carbonyl (C=O) groups is 5. The van der Waals surface area contributed by atoms with E-state index in [4.69, 9.17) is 10.00 Å². The minimum atomic E-state index is -4.70. The van der Waals surface area contributed by atoms with Gasteiger partial charge in [-0.3, -0.25) is 39.1 Å². The number of nitrogens with one attached hydrogen (secondary N) is 2. The lowest BCUT2D eigenvalue weighted by Gasteiger charge is -2.63. The quantitative estimate of drug-likeness (QED) is 0.259. The van der Waals surface area contributed by atoms with E-state index in [-0.39, 0.29) is 41.7 Å². The van der Waals surface area contributed by atoms with Crippen molar-refractivity contribution in [3.05, 3.63) is 88.5 Å². The van der Waals surface area contributed by atoms with Crippen LogP contribution < -0.4 is 25.2 Å². The molecule has 62 heavy (non-hydrogen) atoms. The fraction of sp³-hybridized carbons (Fsp3) is 0.478. The molecule has 5 aliphatic rings. The highest BCUT2D eigenvalue weighted by atomic mass is 19.4. The predicted molar refractivity (Wildman–Crippen MR) is 223 cm³/mol. The van der Waals surface area contributed by atoms with Crippen LogP contribution in [-0.4, -0.2) is 103 Å². The number of piperazine rings is 1. The molecule has 4 fully saturated rings. The zero-order valence-corrected chi connectivity index (χ0v) is 35.2. The van der Waals surface area contributed by atoms with Gasteiger partial charge in [-0.15, -0.1) is 0 Å². The first-order chi connectivity index (χ1) is 29.4. The molecule has 4 aliphatic heterocycles. The first kappa shape index (κ1) is 42.7. The number of nitrogens with zero attached hydrogens (tertiary/aromatic N) is 5. The van der Waals surface area contributed by atoms with Crippen LogP contribution in [0.1, 0.15) is 95.6 Å². The van der Waals surface area contributed by atoms with Gasteiger partial charge in [0.2, 0.25) is 11.8 Å². The van der Waals surface area contributed by atoms with E-state index in [1.807, 2.05) is 58.0 Å². The van der Waals surface area contributed by atoms with Crippen LogP contribution in [0.3, 0.4) is 0 Å². The lowest BCUT2D eigenvalue weighted by Crippen LogP contribution is -2.74. The van der Waals surface area contributed by atoms with E-state index in [1.165, 1.54) is 6.07 Å². The van der Waals surface area contributed by atoms with Gasteiger partial charge in [-0.25, -0.2) is 0 Å². The molecule has 0 radical (unpaired) electrons. The maximum atomic E-state index is 13.6. The molecule has 8 rings (SSSR count). The van der Waals surface area contributed by atoms with Crippen molar-refractivity contribution >= 4 is 40.9 Å². The number of nitriles is 1. The molecule has 13 nitrogen and oxygen atoms in total. The number of benzene rings is 3. The van der Waals surface area contributed by atoms with Crippen molar-refractivity contribution in [1.82, 2.24) is 20.4 Å². The van der Waals surface area contributed by atoms with Crippen molar-refractivity contribution in [3.8, 4) is 11.8 Å². The molecule has 1 aliphatic carbocycles. The average Bonchev–Trinajstić information content (AvgIpc) is 3.49. The van der Waals surface area contributed by atoms with Crippen molar-refractivity contribution in [2.24, 2.45) is 16.7 Å². The summed E-state index contributed by atoms with van der Waals surface area (Å²) in [7, 11) is 0. The maximum absolute atomic E-state index is 13.6. The minimum Gasteiger partial charge on any atom is -0.489 e. The van der Waals surface area contributed by atoms with Crippen LogP contribution in [0.5, 0.6) is 5.75 Å². The molecule has 3 aromatic carbocycles. The summed E-state index contributed by atoms with van der Waals surface area (Å²) in [4.78, 5) is 72.1. The lowest BCUT2D eigenvalue weighted by atomic mass is 9.49. The van der Waals surface area contributed by atoms with Crippen molar-refractivity contribution in [2.75, 3.05) is 55.6 Å². The summed E-state index contributed by atoms with van der Waals surface area (Å²) in [5.74, 6) is -1.74. The van der Waals surface area contributed by atoms with Gasteiger partial charge in [-0.1, -0.05) is 27.7 Å². The Morgan fingerprint density at radius 3 is 2.08 bits per heavy atom. The van der Waals surface area contributed by atoms with E-state index in [2.05, 4.69) is 25.3 Å². The van der Waals surface area contributed by atoms with Crippen LogP contribution in [0.4, 0.5) is 24.5 Å². The molecule has 326 valence electrons.